The lowest BCUT2D eigenvalue weighted by Crippen LogP contribution is -2.14. The van der Waals surface area contributed by atoms with Gasteiger partial charge in [-0.1, -0.05) is 36.0 Å². The number of aliphatic imine (C=N–C) groups is 1. The molecular formula is C11H12N2OS. The molecule has 0 saturated heterocycles. The standard InChI is InChI=1S/C11H12N2OS/c1-7-4-2-3-5-8(7)6-9-10(14)13-11(12)15-9/h2-5,9H,6H2,1H3,(H2,12,13,14)/t9-/m1/s1. The fourth-order valence-corrected chi connectivity index (χ4v) is 2.42. The Labute approximate surface area is 92.8 Å². The molecule has 78 valence electrons. The van der Waals surface area contributed by atoms with Gasteiger partial charge in [-0.25, -0.2) is 0 Å². The summed E-state index contributed by atoms with van der Waals surface area (Å²) in [5, 5.41) is 0.254. The van der Waals surface area contributed by atoms with Crippen LogP contribution in [0.15, 0.2) is 29.3 Å². The molecule has 0 aromatic heterocycles. The highest BCUT2D eigenvalue weighted by atomic mass is 32.2. The van der Waals surface area contributed by atoms with E-state index >= 15 is 0 Å². The molecule has 0 aliphatic carbocycles. The molecule has 1 aliphatic heterocycles. The second kappa shape index (κ2) is 4.06. The lowest BCUT2D eigenvalue weighted by Gasteiger charge is -2.08. The van der Waals surface area contributed by atoms with Crippen molar-refractivity contribution in [2.45, 2.75) is 18.6 Å². The predicted molar refractivity (Wildman–Crippen MR) is 62.9 cm³/mol. The van der Waals surface area contributed by atoms with Crippen molar-refractivity contribution in [2.75, 3.05) is 0 Å². The molecule has 4 heteroatoms. The fraction of sp³-hybridized carbons (Fsp3) is 0.273. The Balaban J connectivity index is 2.11. The first-order valence-electron chi connectivity index (χ1n) is 4.76. The van der Waals surface area contributed by atoms with E-state index in [4.69, 9.17) is 5.73 Å². The number of hydrogen-bond acceptors (Lipinski definition) is 3. The van der Waals surface area contributed by atoms with Crippen LogP contribution in [0, 0.1) is 6.92 Å². The van der Waals surface area contributed by atoms with Crippen LogP contribution in [0.25, 0.3) is 0 Å². The number of thioether (sulfide) groups is 1. The van der Waals surface area contributed by atoms with E-state index in [1.807, 2.05) is 31.2 Å². The predicted octanol–water partition coefficient (Wildman–Crippen LogP) is 1.49. The molecule has 1 aliphatic rings. The third-order valence-electron chi connectivity index (χ3n) is 2.43. The Bertz CT molecular complexity index is 428. The Morgan fingerprint density at radius 3 is 2.80 bits per heavy atom. The molecule has 0 fully saturated rings. The average Bonchev–Trinajstić information content (AvgIpc) is 2.49. The summed E-state index contributed by atoms with van der Waals surface area (Å²) < 4.78 is 0. The Hall–Kier alpha value is -1.29. The summed E-state index contributed by atoms with van der Waals surface area (Å²) >= 11 is 1.36. The van der Waals surface area contributed by atoms with Gasteiger partial charge in [-0.05, 0) is 24.5 Å². The maximum absolute atomic E-state index is 11.4. The highest BCUT2D eigenvalue weighted by Gasteiger charge is 2.27. The Morgan fingerprint density at radius 1 is 1.47 bits per heavy atom. The van der Waals surface area contributed by atoms with Crippen LogP contribution in [0.4, 0.5) is 0 Å². The first-order chi connectivity index (χ1) is 7.16. The number of aryl methyl sites for hydroxylation is 1. The minimum atomic E-state index is -0.133. The molecule has 1 heterocycles. The number of hydrogen-bond donors (Lipinski definition) is 1. The highest BCUT2D eigenvalue weighted by molar-refractivity contribution is 8.15. The molecule has 15 heavy (non-hydrogen) atoms. The van der Waals surface area contributed by atoms with Gasteiger partial charge in [0.05, 0.1) is 5.25 Å². The lowest BCUT2D eigenvalue weighted by atomic mass is 10.0. The molecule has 0 unspecified atom stereocenters. The van der Waals surface area contributed by atoms with Gasteiger partial charge in [0.25, 0.3) is 5.91 Å². The first-order valence-corrected chi connectivity index (χ1v) is 5.64. The molecule has 3 nitrogen and oxygen atoms in total. The van der Waals surface area contributed by atoms with Crippen molar-refractivity contribution in [3.05, 3.63) is 35.4 Å². The van der Waals surface area contributed by atoms with E-state index in [0.717, 1.165) is 0 Å². The normalized spacial score (nSPS) is 20.5. The van der Waals surface area contributed by atoms with Crippen molar-refractivity contribution in [2.24, 2.45) is 10.7 Å². The van der Waals surface area contributed by atoms with Gasteiger partial charge in [0.15, 0.2) is 5.17 Å². The van der Waals surface area contributed by atoms with E-state index < -0.39 is 0 Å². The molecule has 1 amide bonds. The van der Waals surface area contributed by atoms with E-state index in [1.54, 1.807) is 0 Å². The number of nitrogens with two attached hydrogens (primary N) is 1. The number of amidine groups is 1. The zero-order valence-corrected chi connectivity index (χ0v) is 9.25. The zero-order chi connectivity index (χ0) is 10.8. The second-order valence-electron chi connectivity index (χ2n) is 3.53. The molecule has 0 bridgehead atoms. The van der Waals surface area contributed by atoms with Crippen molar-refractivity contribution < 1.29 is 4.79 Å². The quantitative estimate of drug-likeness (QED) is 0.821. The molecule has 1 aromatic carbocycles. The maximum atomic E-state index is 11.4. The lowest BCUT2D eigenvalue weighted by molar-refractivity contribution is -0.117. The number of nitrogens with zero attached hydrogens (tertiary/aromatic N) is 1. The average molecular weight is 220 g/mol. The van der Waals surface area contributed by atoms with Crippen LogP contribution in [-0.2, 0) is 11.2 Å². The van der Waals surface area contributed by atoms with E-state index in [2.05, 4.69) is 4.99 Å². The van der Waals surface area contributed by atoms with Crippen molar-refractivity contribution in [1.29, 1.82) is 0 Å². The van der Waals surface area contributed by atoms with Gasteiger partial charge >= 0.3 is 0 Å². The SMILES string of the molecule is Cc1ccccc1C[C@H]1SC(N)=NC1=O. The molecule has 0 spiro atoms. The highest BCUT2D eigenvalue weighted by Crippen LogP contribution is 2.24. The maximum Gasteiger partial charge on any atom is 0.261 e. The molecule has 0 saturated carbocycles. The summed E-state index contributed by atoms with van der Waals surface area (Å²) in [6, 6.07) is 8.06. The van der Waals surface area contributed by atoms with Crippen LogP contribution < -0.4 is 5.73 Å². The second-order valence-corrected chi connectivity index (χ2v) is 4.75. The van der Waals surface area contributed by atoms with Crippen LogP contribution in [-0.4, -0.2) is 16.3 Å². The zero-order valence-electron chi connectivity index (χ0n) is 8.43. The topological polar surface area (TPSA) is 55.4 Å². The summed E-state index contributed by atoms with van der Waals surface area (Å²) in [7, 11) is 0. The summed E-state index contributed by atoms with van der Waals surface area (Å²) in [5.74, 6) is -0.110. The fourth-order valence-electron chi connectivity index (χ4n) is 1.57. The van der Waals surface area contributed by atoms with Crippen molar-refractivity contribution >= 4 is 22.8 Å². The number of carbonyl (C=O) groups excluding carboxylic acids is 1. The molecule has 2 N–H and O–H groups in total. The third kappa shape index (κ3) is 2.21. The molecule has 1 atom stereocenters. The Kier molecular flexibility index (Phi) is 2.77. The van der Waals surface area contributed by atoms with Gasteiger partial charge in [-0.3, -0.25) is 4.79 Å². The third-order valence-corrected chi connectivity index (χ3v) is 3.41. The van der Waals surface area contributed by atoms with Crippen LogP contribution in [0.3, 0.4) is 0 Å². The minimum Gasteiger partial charge on any atom is -0.378 e. The number of carbonyl (C=O) groups is 1. The summed E-state index contributed by atoms with van der Waals surface area (Å²) in [6.07, 6.45) is 0.709. The number of benzene rings is 1. The van der Waals surface area contributed by atoms with Gasteiger partial charge in [-0.15, -0.1) is 0 Å². The van der Waals surface area contributed by atoms with Crippen LogP contribution >= 0.6 is 11.8 Å². The number of amides is 1. The van der Waals surface area contributed by atoms with Crippen LogP contribution in [0.5, 0.6) is 0 Å². The number of rotatable bonds is 2. The molecule has 1 aromatic rings. The molecular weight excluding hydrogens is 208 g/mol. The van der Waals surface area contributed by atoms with E-state index in [0.29, 0.717) is 11.6 Å². The van der Waals surface area contributed by atoms with Gasteiger partial charge in [0.2, 0.25) is 0 Å². The van der Waals surface area contributed by atoms with E-state index in [9.17, 15) is 4.79 Å². The van der Waals surface area contributed by atoms with Gasteiger partial charge in [-0.2, -0.15) is 4.99 Å². The largest absolute Gasteiger partial charge is 0.378 e. The van der Waals surface area contributed by atoms with Gasteiger partial charge < -0.3 is 5.73 Å². The summed E-state index contributed by atoms with van der Waals surface area (Å²) in [6.45, 7) is 2.05. The monoisotopic (exact) mass is 220 g/mol. The van der Waals surface area contributed by atoms with E-state index in [-0.39, 0.29) is 11.2 Å². The Morgan fingerprint density at radius 2 is 2.20 bits per heavy atom. The van der Waals surface area contributed by atoms with E-state index in [1.165, 1.54) is 22.9 Å². The van der Waals surface area contributed by atoms with Gasteiger partial charge in [0.1, 0.15) is 0 Å². The minimum absolute atomic E-state index is 0.110. The van der Waals surface area contributed by atoms with Gasteiger partial charge in [0, 0.05) is 0 Å². The molecule has 0 radical (unpaired) electrons. The summed E-state index contributed by atoms with van der Waals surface area (Å²) in [4.78, 5) is 15.1. The molecule has 2 rings (SSSR count). The summed E-state index contributed by atoms with van der Waals surface area (Å²) in [5.41, 5.74) is 7.89. The van der Waals surface area contributed by atoms with Crippen LogP contribution in [0.2, 0.25) is 0 Å². The van der Waals surface area contributed by atoms with Crippen molar-refractivity contribution in [1.82, 2.24) is 0 Å². The first kappa shape index (κ1) is 10.2. The van der Waals surface area contributed by atoms with Crippen molar-refractivity contribution in [3.8, 4) is 0 Å². The van der Waals surface area contributed by atoms with Crippen LogP contribution in [0.1, 0.15) is 11.1 Å². The smallest absolute Gasteiger partial charge is 0.261 e. The van der Waals surface area contributed by atoms with Crippen molar-refractivity contribution in [3.63, 3.8) is 0 Å².